The monoisotopic (exact) mass is 307 g/mol. The van der Waals surface area contributed by atoms with Gasteiger partial charge in [0.15, 0.2) is 0 Å². The number of aryl methyl sites for hydroxylation is 1. The number of sulfonamides is 1. The molecule has 0 spiro atoms. The van der Waals surface area contributed by atoms with Gasteiger partial charge >= 0.3 is 0 Å². The molecule has 8 heteroatoms. The van der Waals surface area contributed by atoms with Gasteiger partial charge in [-0.25, -0.2) is 13.4 Å². The number of rotatable bonds is 2. The molecule has 3 rings (SSSR count). The maximum atomic E-state index is 12.6. The maximum absolute atomic E-state index is 12.6. The van der Waals surface area contributed by atoms with E-state index in [2.05, 4.69) is 5.32 Å². The fourth-order valence-electron chi connectivity index (χ4n) is 2.25. The van der Waals surface area contributed by atoms with Crippen molar-refractivity contribution in [2.24, 2.45) is 0 Å². The summed E-state index contributed by atoms with van der Waals surface area (Å²) in [6.45, 7) is 1.87. The summed E-state index contributed by atoms with van der Waals surface area (Å²) in [6, 6.07) is 6.37. The van der Waals surface area contributed by atoms with E-state index < -0.39 is 21.8 Å². The molecule has 0 aliphatic carbocycles. The van der Waals surface area contributed by atoms with Gasteiger partial charge in [-0.2, -0.15) is 0 Å². The highest BCUT2D eigenvalue weighted by Gasteiger charge is 2.42. The van der Waals surface area contributed by atoms with Crippen LogP contribution in [0.25, 0.3) is 0 Å². The summed E-state index contributed by atoms with van der Waals surface area (Å²) >= 11 is 0. The van der Waals surface area contributed by atoms with Crippen molar-refractivity contribution in [1.82, 2.24) is 14.7 Å². The van der Waals surface area contributed by atoms with Crippen molar-refractivity contribution in [3.63, 3.8) is 0 Å². The van der Waals surface area contributed by atoms with E-state index in [-0.39, 0.29) is 23.7 Å². The molecular weight excluding hydrogens is 294 g/mol. The quantitative estimate of drug-likeness (QED) is 0.785. The second-order valence-corrected chi connectivity index (χ2v) is 6.69. The molecule has 0 atom stereocenters. The number of nitrogens with one attached hydrogen (secondary N) is 1. The zero-order valence-electron chi connectivity index (χ0n) is 11.2. The summed E-state index contributed by atoms with van der Waals surface area (Å²) in [6.07, 6.45) is 1.14. The minimum Gasteiger partial charge on any atom is -0.311 e. The SMILES string of the molecule is Cc1ccc(S(=O)(=O)N2CC=C3NC(=O)CC(=O)N32)cc1. The zero-order valence-corrected chi connectivity index (χ0v) is 12.1. The van der Waals surface area contributed by atoms with Gasteiger partial charge < -0.3 is 5.32 Å². The lowest BCUT2D eigenvalue weighted by atomic mass is 10.2. The minimum atomic E-state index is -3.84. The molecule has 1 N–H and O–H groups in total. The summed E-state index contributed by atoms with van der Waals surface area (Å²) in [5, 5.41) is 3.50. The molecule has 7 nitrogen and oxygen atoms in total. The Balaban J connectivity index is 1.96. The molecule has 1 aromatic carbocycles. The average Bonchev–Trinajstić information content (AvgIpc) is 2.83. The second-order valence-electron chi connectivity index (χ2n) is 4.84. The smallest absolute Gasteiger partial charge is 0.260 e. The topological polar surface area (TPSA) is 86.8 Å². The van der Waals surface area contributed by atoms with Crippen LogP contribution in [0.4, 0.5) is 0 Å². The highest BCUT2D eigenvalue weighted by molar-refractivity contribution is 7.89. The first-order valence-electron chi connectivity index (χ1n) is 6.32. The molecule has 1 saturated heterocycles. The predicted octanol–water partition coefficient (Wildman–Crippen LogP) is 0.104. The molecule has 1 aromatic rings. The molecule has 0 radical (unpaired) electrons. The fourth-order valence-corrected chi connectivity index (χ4v) is 3.64. The number of fused-ring (bicyclic) bond motifs is 1. The number of nitrogens with zero attached hydrogens (tertiary/aromatic N) is 2. The Kier molecular flexibility index (Phi) is 3.07. The fraction of sp³-hybridized carbons (Fsp3) is 0.231. The molecular formula is C13H13N3O4S. The van der Waals surface area contributed by atoms with E-state index in [1.807, 2.05) is 6.92 Å². The molecule has 0 aromatic heterocycles. The van der Waals surface area contributed by atoms with Gasteiger partial charge in [0.25, 0.3) is 15.9 Å². The number of hydrogen-bond donors (Lipinski definition) is 1. The van der Waals surface area contributed by atoms with Crippen molar-refractivity contribution < 1.29 is 18.0 Å². The third-order valence-corrected chi connectivity index (χ3v) is 5.04. The molecule has 0 saturated carbocycles. The van der Waals surface area contributed by atoms with E-state index in [0.29, 0.717) is 0 Å². The van der Waals surface area contributed by atoms with Crippen LogP contribution in [-0.2, 0) is 19.6 Å². The first-order chi connectivity index (χ1) is 9.89. The van der Waals surface area contributed by atoms with Crippen LogP contribution in [0.1, 0.15) is 12.0 Å². The van der Waals surface area contributed by atoms with Crippen molar-refractivity contribution >= 4 is 21.8 Å². The maximum Gasteiger partial charge on any atom is 0.260 e. The highest BCUT2D eigenvalue weighted by Crippen LogP contribution is 2.27. The largest absolute Gasteiger partial charge is 0.311 e. The second kappa shape index (κ2) is 4.68. The predicted molar refractivity (Wildman–Crippen MR) is 72.8 cm³/mol. The number of benzene rings is 1. The van der Waals surface area contributed by atoms with E-state index in [1.54, 1.807) is 12.1 Å². The van der Waals surface area contributed by atoms with Gasteiger partial charge in [-0.15, -0.1) is 0 Å². The third kappa shape index (κ3) is 2.22. The third-order valence-electron chi connectivity index (χ3n) is 3.30. The summed E-state index contributed by atoms with van der Waals surface area (Å²) < 4.78 is 26.2. The van der Waals surface area contributed by atoms with Crippen LogP contribution in [0.5, 0.6) is 0 Å². The molecule has 2 aliphatic rings. The average molecular weight is 307 g/mol. The summed E-state index contributed by atoms with van der Waals surface area (Å²) in [5.41, 5.74) is 0.940. The highest BCUT2D eigenvalue weighted by atomic mass is 32.2. The molecule has 0 bridgehead atoms. The van der Waals surface area contributed by atoms with Gasteiger partial charge in [0.05, 0.1) is 11.4 Å². The number of carbonyl (C=O) groups is 2. The van der Waals surface area contributed by atoms with Crippen LogP contribution in [-0.4, -0.2) is 36.2 Å². The Morgan fingerprint density at radius 3 is 2.48 bits per heavy atom. The van der Waals surface area contributed by atoms with Crippen LogP contribution < -0.4 is 5.32 Å². The van der Waals surface area contributed by atoms with Crippen LogP contribution in [0, 0.1) is 6.92 Å². The Bertz CT molecular complexity index is 752. The van der Waals surface area contributed by atoms with Crippen molar-refractivity contribution in [3.8, 4) is 0 Å². The Morgan fingerprint density at radius 2 is 1.81 bits per heavy atom. The van der Waals surface area contributed by atoms with E-state index >= 15 is 0 Å². The van der Waals surface area contributed by atoms with Gasteiger partial charge in [0.1, 0.15) is 12.2 Å². The van der Waals surface area contributed by atoms with E-state index in [1.165, 1.54) is 18.2 Å². The van der Waals surface area contributed by atoms with Crippen molar-refractivity contribution in [2.45, 2.75) is 18.2 Å². The number of amides is 2. The lowest BCUT2D eigenvalue weighted by molar-refractivity contribution is -0.144. The Labute approximate surface area is 121 Å². The molecule has 1 fully saturated rings. The van der Waals surface area contributed by atoms with Crippen LogP contribution in [0.15, 0.2) is 41.1 Å². The normalized spacial score (nSPS) is 19.3. The number of carbonyl (C=O) groups excluding carboxylic acids is 2. The number of hydrogen-bond acceptors (Lipinski definition) is 4. The summed E-state index contributed by atoms with van der Waals surface area (Å²) in [4.78, 5) is 23.4. The molecule has 110 valence electrons. The van der Waals surface area contributed by atoms with Crippen molar-refractivity contribution in [3.05, 3.63) is 41.7 Å². The molecule has 2 amide bonds. The Morgan fingerprint density at radius 1 is 1.14 bits per heavy atom. The molecule has 2 heterocycles. The van der Waals surface area contributed by atoms with Gasteiger partial charge in [-0.3, -0.25) is 9.59 Å². The minimum absolute atomic E-state index is 0.0115. The van der Waals surface area contributed by atoms with Crippen molar-refractivity contribution in [2.75, 3.05) is 6.54 Å². The Hall–Kier alpha value is -2.19. The van der Waals surface area contributed by atoms with E-state index in [4.69, 9.17) is 0 Å². The standard InChI is InChI=1S/C13H13N3O4S/c1-9-2-4-10(5-3-9)21(19,20)15-7-6-11-14-12(17)8-13(18)16(11)15/h2-6H,7-8H2,1H3,(H,14,17). The zero-order chi connectivity index (χ0) is 15.2. The van der Waals surface area contributed by atoms with Gasteiger partial charge in [-0.05, 0) is 25.1 Å². The first kappa shape index (κ1) is 13.8. The van der Waals surface area contributed by atoms with Gasteiger partial charge in [0.2, 0.25) is 5.91 Å². The summed E-state index contributed by atoms with van der Waals surface area (Å²) in [5.74, 6) is -0.790. The molecule has 21 heavy (non-hydrogen) atoms. The number of hydrazine groups is 1. The van der Waals surface area contributed by atoms with Gasteiger partial charge in [-0.1, -0.05) is 22.1 Å². The lowest BCUT2D eigenvalue weighted by Gasteiger charge is -2.32. The van der Waals surface area contributed by atoms with E-state index in [0.717, 1.165) is 15.0 Å². The molecule has 0 unspecified atom stereocenters. The van der Waals surface area contributed by atoms with Crippen LogP contribution in [0.3, 0.4) is 0 Å². The van der Waals surface area contributed by atoms with Crippen LogP contribution >= 0.6 is 0 Å². The summed E-state index contributed by atoms with van der Waals surface area (Å²) in [7, 11) is -3.84. The molecule has 2 aliphatic heterocycles. The van der Waals surface area contributed by atoms with Crippen molar-refractivity contribution in [1.29, 1.82) is 0 Å². The van der Waals surface area contributed by atoms with Gasteiger partial charge in [0, 0.05) is 0 Å². The lowest BCUT2D eigenvalue weighted by Crippen LogP contribution is -2.52. The first-order valence-corrected chi connectivity index (χ1v) is 7.76. The van der Waals surface area contributed by atoms with E-state index in [9.17, 15) is 18.0 Å². The van der Waals surface area contributed by atoms with Crippen LogP contribution in [0.2, 0.25) is 0 Å².